The van der Waals surface area contributed by atoms with E-state index in [1.807, 2.05) is 12.1 Å². The van der Waals surface area contributed by atoms with Gasteiger partial charge in [-0.15, -0.1) is 0 Å². The highest BCUT2D eigenvalue weighted by Gasteiger charge is 2.59. The van der Waals surface area contributed by atoms with Crippen LogP contribution in [-0.2, 0) is 15.1 Å². The smallest absolute Gasteiger partial charge is 0.308 e. The van der Waals surface area contributed by atoms with E-state index in [4.69, 9.17) is 18.3 Å². The molecule has 0 unspecified atom stereocenters. The number of carbonyl (C=O) groups is 2. The van der Waals surface area contributed by atoms with Crippen LogP contribution >= 0.6 is 0 Å². The van der Waals surface area contributed by atoms with E-state index in [9.17, 15) is 9.59 Å². The fourth-order valence-corrected chi connectivity index (χ4v) is 3.41. The summed E-state index contributed by atoms with van der Waals surface area (Å²) in [5.41, 5.74) is -0.833. The zero-order chi connectivity index (χ0) is 18.1. The number of hydrogen-bond donors (Lipinski definition) is 0. The lowest BCUT2D eigenvalue weighted by molar-refractivity contribution is -0.147. The molecule has 2 aromatic heterocycles. The number of carbonyl (C=O) groups excluding carboxylic acids is 2. The molecule has 0 aliphatic carbocycles. The lowest BCUT2D eigenvalue weighted by atomic mass is 9.76. The molecule has 0 N–H and O–H groups in total. The van der Waals surface area contributed by atoms with Gasteiger partial charge >= 0.3 is 5.97 Å². The van der Waals surface area contributed by atoms with Crippen LogP contribution in [0, 0.1) is 0 Å². The fourth-order valence-electron chi connectivity index (χ4n) is 3.41. The average molecular weight is 352 g/mol. The molecule has 6 nitrogen and oxygen atoms in total. The number of Topliss-reactive ketones (excluding diaryl/α,β-unsaturated/α-hetero) is 1. The third-order valence-electron chi connectivity index (χ3n) is 4.62. The van der Waals surface area contributed by atoms with Crippen LogP contribution in [0.4, 0.5) is 0 Å². The Kier molecular flexibility index (Phi) is 3.88. The second-order valence-electron chi connectivity index (χ2n) is 6.02. The molecule has 4 rings (SSSR count). The van der Waals surface area contributed by atoms with E-state index in [2.05, 4.69) is 0 Å². The minimum Gasteiger partial charge on any atom is -0.497 e. The first kappa shape index (κ1) is 16.2. The molecule has 1 fully saturated rings. The minimum atomic E-state index is -1.60. The van der Waals surface area contributed by atoms with Gasteiger partial charge in [0.1, 0.15) is 5.75 Å². The lowest BCUT2D eigenvalue weighted by Crippen LogP contribution is -2.40. The normalized spacial score (nSPS) is 22.2. The van der Waals surface area contributed by atoms with E-state index in [1.165, 1.54) is 12.5 Å². The molecule has 0 radical (unpaired) electrons. The van der Waals surface area contributed by atoms with Gasteiger partial charge in [0.25, 0.3) is 0 Å². The molecule has 3 aromatic rings. The summed E-state index contributed by atoms with van der Waals surface area (Å²) in [6, 6.07) is 13.6. The van der Waals surface area contributed by atoms with Crippen LogP contribution in [0.1, 0.15) is 34.2 Å². The quantitative estimate of drug-likeness (QED) is 0.515. The summed E-state index contributed by atoms with van der Waals surface area (Å²) in [6.45, 7) is 0. The van der Waals surface area contributed by atoms with Gasteiger partial charge in [0.05, 0.1) is 26.1 Å². The van der Waals surface area contributed by atoms with Crippen LogP contribution in [0.25, 0.3) is 0 Å². The van der Waals surface area contributed by atoms with Gasteiger partial charge in [0, 0.05) is 5.92 Å². The van der Waals surface area contributed by atoms with Gasteiger partial charge in [-0.2, -0.15) is 0 Å². The number of ketones is 1. The third-order valence-corrected chi connectivity index (χ3v) is 4.62. The number of benzene rings is 1. The maximum absolute atomic E-state index is 13.3. The number of esters is 1. The summed E-state index contributed by atoms with van der Waals surface area (Å²) in [5.74, 6) is -0.420. The Morgan fingerprint density at radius 3 is 2.42 bits per heavy atom. The average Bonchev–Trinajstić information content (AvgIpc) is 3.41. The Labute approximate surface area is 149 Å². The summed E-state index contributed by atoms with van der Waals surface area (Å²) in [7, 11) is 1.57. The third kappa shape index (κ3) is 2.42. The standard InChI is InChI=1S/C20H16O6/c1-23-14-8-6-13(7-9-14)15-12-18(21)26-20(15,17-5-3-11-25-17)19(22)16-4-2-10-24-16/h2-11,15H,12H2,1H3/t15-,20-/m0/s1. The van der Waals surface area contributed by atoms with Gasteiger partial charge < -0.3 is 18.3 Å². The van der Waals surface area contributed by atoms with Gasteiger partial charge in [0.2, 0.25) is 11.4 Å². The molecule has 6 heteroatoms. The highest BCUT2D eigenvalue weighted by molar-refractivity contribution is 6.04. The number of methoxy groups -OCH3 is 1. The number of furan rings is 2. The molecule has 0 saturated carbocycles. The molecular formula is C20H16O6. The lowest BCUT2D eigenvalue weighted by Gasteiger charge is -2.29. The van der Waals surface area contributed by atoms with Crippen LogP contribution < -0.4 is 4.74 Å². The van der Waals surface area contributed by atoms with Gasteiger partial charge in [-0.3, -0.25) is 9.59 Å². The maximum Gasteiger partial charge on any atom is 0.308 e. The summed E-state index contributed by atoms with van der Waals surface area (Å²) >= 11 is 0. The fraction of sp³-hybridized carbons (Fsp3) is 0.200. The second-order valence-corrected chi connectivity index (χ2v) is 6.02. The first-order valence-corrected chi connectivity index (χ1v) is 8.13. The SMILES string of the molecule is COc1ccc([C@@H]2CC(=O)O[C@]2(C(=O)c2ccco2)c2ccco2)cc1. The van der Waals surface area contributed by atoms with E-state index in [0.717, 1.165) is 5.56 Å². The molecule has 0 amide bonds. The van der Waals surface area contributed by atoms with Crippen molar-refractivity contribution in [2.75, 3.05) is 7.11 Å². The molecule has 1 aliphatic rings. The highest BCUT2D eigenvalue weighted by atomic mass is 16.6. The summed E-state index contributed by atoms with van der Waals surface area (Å²) in [5, 5.41) is 0. The first-order valence-electron chi connectivity index (χ1n) is 8.13. The minimum absolute atomic E-state index is 0.0550. The monoisotopic (exact) mass is 352 g/mol. The van der Waals surface area contributed by atoms with Crippen molar-refractivity contribution < 1.29 is 27.9 Å². The second kappa shape index (κ2) is 6.22. The molecule has 132 valence electrons. The van der Waals surface area contributed by atoms with E-state index in [-0.39, 0.29) is 17.9 Å². The van der Waals surface area contributed by atoms with Crippen molar-refractivity contribution in [3.8, 4) is 5.75 Å². The van der Waals surface area contributed by atoms with Gasteiger partial charge in [-0.05, 0) is 42.0 Å². The van der Waals surface area contributed by atoms with Crippen LogP contribution in [0.15, 0.2) is 69.9 Å². The number of rotatable bonds is 5. The topological polar surface area (TPSA) is 78.9 Å². The Morgan fingerprint density at radius 2 is 1.81 bits per heavy atom. The number of hydrogen-bond acceptors (Lipinski definition) is 6. The molecule has 1 saturated heterocycles. The van der Waals surface area contributed by atoms with Crippen molar-refractivity contribution in [2.45, 2.75) is 17.9 Å². The van der Waals surface area contributed by atoms with Crippen molar-refractivity contribution in [3.63, 3.8) is 0 Å². The van der Waals surface area contributed by atoms with Crippen molar-refractivity contribution >= 4 is 11.8 Å². The Morgan fingerprint density at radius 1 is 1.08 bits per heavy atom. The molecule has 0 bridgehead atoms. The predicted molar refractivity (Wildman–Crippen MR) is 89.9 cm³/mol. The summed E-state index contributed by atoms with van der Waals surface area (Å²) < 4.78 is 21.6. The molecule has 1 aliphatic heterocycles. The molecule has 0 spiro atoms. The molecule has 2 atom stereocenters. The number of cyclic esters (lactones) is 1. The van der Waals surface area contributed by atoms with E-state index in [1.54, 1.807) is 43.5 Å². The van der Waals surface area contributed by atoms with E-state index >= 15 is 0 Å². The number of ether oxygens (including phenoxy) is 2. The Hall–Kier alpha value is -3.28. The van der Waals surface area contributed by atoms with Gasteiger partial charge in [0.15, 0.2) is 11.5 Å². The predicted octanol–water partition coefficient (Wildman–Crippen LogP) is 3.69. The Bertz CT molecular complexity index is 908. The van der Waals surface area contributed by atoms with E-state index < -0.39 is 23.3 Å². The molecule has 1 aromatic carbocycles. The van der Waals surface area contributed by atoms with Crippen molar-refractivity contribution in [3.05, 3.63) is 78.1 Å². The summed E-state index contributed by atoms with van der Waals surface area (Å²) in [6.07, 6.45) is 2.91. The van der Waals surface area contributed by atoms with Crippen molar-refractivity contribution in [1.82, 2.24) is 0 Å². The molecular weight excluding hydrogens is 336 g/mol. The maximum atomic E-state index is 13.3. The van der Waals surface area contributed by atoms with Crippen molar-refractivity contribution in [1.29, 1.82) is 0 Å². The van der Waals surface area contributed by atoms with E-state index in [0.29, 0.717) is 5.75 Å². The van der Waals surface area contributed by atoms with Gasteiger partial charge in [-0.1, -0.05) is 12.1 Å². The van der Waals surface area contributed by atoms with Crippen LogP contribution in [0.3, 0.4) is 0 Å². The first-order chi connectivity index (χ1) is 12.6. The molecule has 26 heavy (non-hydrogen) atoms. The Balaban J connectivity index is 1.87. The van der Waals surface area contributed by atoms with Crippen LogP contribution in [0.2, 0.25) is 0 Å². The zero-order valence-electron chi connectivity index (χ0n) is 14.0. The van der Waals surface area contributed by atoms with Crippen LogP contribution in [-0.4, -0.2) is 18.9 Å². The zero-order valence-corrected chi connectivity index (χ0v) is 14.0. The van der Waals surface area contributed by atoms with Crippen molar-refractivity contribution in [2.24, 2.45) is 0 Å². The largest absolute Gasteiger partial charge is 0.497 e. The summed E-state index contributed by atoms with van der Waals surface area (Å²) in [4.78, 5) is 25.6. The van der Waals surface area contributed by atoms with Crippen LogP contribution in [0.5, 0.6) is 5.75 Å². The highest BCUT2D eigenvalue weighted by Crippen LogP contribution is 2.50. The molecule has 3 heterocycles. The van der Waals surface area contributed by atoms with Gasteiger partial charge in [-0.25, -0.2) is 0 Å².